The highest BCUT2D eigenvalue weighted by Crippen LogP contribution is 2.34. The molecule has 6 rings (SSSR count). The van der Waals surface area contributed by atoms with Gasteiger partial charge in [-0.3, -0.25) is 29.4 Å². The first-order chi connectivity index (χ1) is 29.1. The van der Waals surface area contributed by atoms with Gasteiger partial charge < -0.3 is 28.4 Å². The van der Waals surface area contributed by atoms with Gasteiger partial charge in [-0.25, -0.2) is 4.98 Å². The van der Waals surface area contributed by atoms with Gasteiger partial charge in [0.2, 0.25) is 5.13 Å². The third-order valence-electron chi connectivity index (χ3n) is 10.7. The van der Waals surface area contributed by atoms with Crippen molar-refractivity contribution in [3.8, 4) is 23.0 Å². The number of methoxy groups -OCH3 is 1. The Balaban J connectivity index is 0.990. The highest BCUT2D eigenvalue weighted by Gasteiger charge is 2.33. The highest BCUT2D eigenvalue weighted by atomic mass is 32.1. The van der Waals surface area contributed by atoms with Crippen LogP contribution < -0.4 is 24.4 Å². The lowest BCUT2D eigenvalue weighted by Crippen LogP contribution is -2.30. The summed E-state index contributed by atoms with van der Waals surface area (Å²) in [5.41, 5.74) is 4.18. The SMILES string of the molecule is COC(=O)C1CCC(C(=O)Oc2ccc(OC(=O)C3CCC(C(=O)Oc4ccc(OCCCCCCOC(C)=O)cc4)CC3)cc2/C=N/Nc2nc3ccccc3s2)CC1. The molecule has 0 aliphatic heterocycles. The molecule has 2 fully saturated rings. The number of hydrogen-bond donors (Lipinski definition) is 1. The summed E-state index contributed by atoms with van der Waals surface area (Å²) >= 11 is 1.44. The molecule has 14 nitrogen and oxygen atoms in total. The van der Waals surface area contributed by atoms with Crippen LogP contribution >= 0.6 is 11.3 Å². The lowest BCUT2D eigenvalue weighted by atomic mass is 9.82. The Morgan fingerprint density at radius 2 is 1.23 bits per heavy atom. The van der Waals surface area contributed by atoms with E-state index in [9.17, 15) is 24.0 Å². The first-order valence-electron chi connectivity index (χ1n) is 20.5. The summed E-state index contributed by atoms with van der Waals surface area (Å²) in [7, 11) is 1.37. The zero-order chi connectivity index (χ0) is 42.3. The molecule has 60 heavy (non-hydrogen) atoms. The number of thiazole rings is 1. The molecular formula is C45H51N3O11S. The average molecular weight is 842 g/mol. The van der Waals surface area contributed by atoms with Crippen LogP contribution in [0.4, 0.5) is 5.13 Å². The Morgan fingerprint density at radius 3 is 1.85 bits per heavy atom. The van der Waals surface area contributed by atoms with Crippen molar-refractivity contribution in [2.24, 2.45) is 28.8 Å². The third kappa shape index (κ3) is 12.8. The van der Waals surface area contributed by atoms with Gasteiger partial charge in [0.15, 0.2) is 0 Å². The Bertz CT molecular complexity index is 2090. The van der Waals surface area contributed by atoms with Crippen LogP contribution in [-0.2, 0) is 33.4 Å². The van der Waals surface area contributed by atoms with Gasteiger partial charge in [0.25, 0.3) is 0 Å². The third-order valence-corrected chi connectivity index (χ3v) is 11.7. The van der Waals surface area contributed by atoms with Crippen molar-refractivity contribution in [2.45, 2.75) is 84.0 Å². The Morgan fingerprint density at radius 1 is 0.683 bits per heavy atom. The maximum atomic E-state index is 13.4. The van der Waals surface area contributed by atoms with E-state index in [0.29, 0.717) is 86.8 Å². The molecule has 0 atom stereocenters. The van der Waals surface area contributed by atoms with Crippen molar-refractivity contribution >= 4 is 62.7 Å². The molecule has 0 spiro atoms. The first kappa shape index (κ1) is 43.7. The van der Waals surface area contributed by atoms with Gasteiger partial charge in [-0.2, -0.15) is 5.10 Å². The van der Waals surface area contributed by atoms with E-state index in [0.717, 1.165) is 35.9 Å². The number of carbonyl (C=O) groups is 5. The summed E-state index contributed by atoms with van der Waals surface area (Å²) in [6.07, 6.45) is 9.08. The summed E-state index contributed by atoms with van der Waals surface area (Å²) in [5.74, 6) is -1.44. The van der Waals surface area contributed by atoms with E-state index < -0.39 is 17.9 Å². The lowest BCUT2D eigenvalue weighted by molar-refractivity contribution is -0.149. The number of hydrogen-bond acceptors (Lipinski definition) is 15. The fourth-order valence-corrected chi connectivity index (χ4v) is 8.13. The predicted octanol–water partition coefficient (Wildman–Crippen LogP) is 8.45. The maximum Gasteiger partial charge on any atom is 0.314 e. The molecule has 3 aromatic carbocycles. The van der Waals surface area contributed by atoms with Crippen molar-refractivity contribution in [3.63, 3.8) is 0 Å². The molecule has 1 N–H and O–H groups in total. The quantitative estimate of drug-likeness (QED) is 0.0332. The molecule has 318 valence electrons. The van der Waals surface area contributed by atoms with Crippen LogP contribution in [0, 0.1) is 23.7 Å². The van der Waals surface area contributed by atoms with E-state index in [4.69, 9.17) is 28.4 Å². The van der Waals surface area contributed by atoms with E-state index >= 15 is 0 Å². The summed E-state index contributed by atoms with van der Waals surface area (Å²) in [6.45, 7) is 2.40. The summed E-state index contributed by atoms with van der Waals surface area (Å²) in [5, 5.41) is 4.93. The number of nitrogens with zero attached hydrogens (tertiary/aromatic N) is 2. The molecule has 2 aliphatic rings. The zero-order valence-electron chi connectivity index (χ0n) is 33.9. The van der Waals surface area contributed by atoms with Crippen LogP contribution in [0.1, 0.15) is 89.5 Å². The number of benzene rings is 3. The van der Waals surface area contributed by atoms with E-state index in [1.165, 1.54) is 31.6 Å². The molecule has 2 aliphatic carbocycles. The fraction of sp³-hybridized carbons (Fsp3) is 0.444. The van der Waals surface area contributed by atoms with Gasteiger partial charge in [-0.1, -0.05) is 23.5 Å². The number of esters is 5. The minimum absolute atomic E-state index is 0.224. The molecule has 0 unspecified atom stereocenters. The number of unbranched alkanes of at least 4 members (excludes halogenated alkanes) is 3. The topological polar surface area (TPSA) is 178 Å². The molecular weight excluding hydrogens is 791 g/mol. The number of ether oxygens (including phenoxy) is 6. The van der Waals surface area contributed by atoms with Gasteiger partial charge in [0.1, 0.15) is 23.0 Å². The second-order valence-electron chi connectivity index (χ2n) is 15.0. The van der Waals surface area contributed by atoms with Crippen molar-refractivity contribution < 1.29 is 52.4 Å². The number of para-hydroxylation sites is 1. The minimum atomic E-state index is -0.415. The molecule has 1 aromatic heterocycles. The molecule has 0 saturated heterocycles. The number of carbonyl (C=O) groups excluding carboxylic acids is 5. The van der Waals surface area contributed by atoms with E-state index in [2.05, 4.69) is 15.5 Å². The fourth-order valence-electron chi connectivity index (χ4n) is 7.32. The highest BCUT2D eigenvalue weighted by molar-refractivity contribution is 7.22. The monoisotopic (exact) mass is 841 g/mol. The number of anilines is 1. The number of nitrogens with one attached hydrogen (secondary N) is 1. The van der Waals surface area contributed by atoms with Crippen LogP contribution in [-0.4, -0.2) is 61.4 Å². The molecule has 0 radical (unpaired) electrons. The Labute approximate surface area is 352 Å². The molecule has 1 heterocycles. The number of fused-ring (bicyclic) bond motifs is 1. The van der Waals surface area contributed by atoms with E-state index in [1.807, 2.05) is 24.3 Å². The van der Waals surface area contributed by atoms with Crippen LogP contribution in [0.2, 0.25) is 0 Å². The number of aromatic nitrogens is 1. The largest absolute Gasteiger partial charge is 0.494 e. The standard InChI is InChI=1S/C45H51N3O11S/c1-29(49)55-25-7-3-4-8-26-56-35-19-21-36(22-20-35)57-42(51)31-15-17-32(18-16-31)43(52)58-37-23-24-39(59-44(53)33-13-11-30(12-14-33)41(50)54-2)34(27-37)28-46-48-45-47-38-9-5-6-10-40(38)60-45/h5-6,9-10,19-24,27-28,30-33H,3-4,7-8,11-18,25-26H2,1-2H3,(H,47,48)/b46-28+. The Kier molecular flexibility index (Phi) is 16.0. The second-order valence-corrected chi connectivity index (χ2v) is 16.0. The minimum Gasteiger partial charge on any atom is -0.494 e. The summed E-state index contributed by atoms with van der Waals surface area (Å²) in [4.78, 5) is 67.0. The maximum absolute atomic E-state index is 13.4. The normalized spacial score (nSPS) is 19.0. The molecule has 0 amide bonds. The van der Waals surface area contributed by atoms with Crippen molar-refractivity contribution in [2.75, 3.05) is 25.7 Å². The molecule has 15 heteroatoms. The van der Waals surface area contributed by atoms with Crippen molar-refractivity contribution in [3.05, 3.63) is 72.3 Å². The first-order valence-corrected chi connectivity index (χ1v) is 21.3. The van der Waals surface area contributed by atoms with Gasteiger partial charge in [0, 0.05) is 12.5 Å². The smallest absolute Gasteiger partial charge is 0.314 e. The van der Waals surface area contributed by atoms with Crippen LogP contribution in [0.25, 0.3) is 10.2 Å². The number of rotatable bonds is 18. The van der Waals surface area contributed by atoms with E-state index in [1.54, 1.807) is 42.5 Å². The van der Waals surface area contributed by atoms with Gasteiger partial charge in [0.05, 0.1) is 60.4 Å². The number of hydrazone groups is 1. The van der Waals surface area contributed by atoms with Crippen molar-refractivity contribution in [1.29, 1.82) is 0 Å². The van der Waals surface area contributed by atoms with Gasteiger partial charge in [-0.15, -0.1) is 0 Å². The molecule has 0 bridgehead atoms. The van der Waals surface area contributed by atoms with Crippen molar-refractivity contribution in [1.82, 2.24) is 4.98 Å². The van der Waals surface area contributed by atoms with Gasteiger partial charge in [-0.05, 0) is 132 Å². The predicted molar refractivity (Wildman–Crippen MR) is 224 cm³/mol. The molecule has 2 saturated carbocycles. The zero-order valence-corrected chi connectivity index (χ0v) is 34.7. The van der Waals surface area contributed by atoms with Crippen LogP contribution in [0.3, 0.4) is 0 Å². The van der Waals surface area contributed by atoms with E-state index in [-0.39, 0.29) is 47.2 Å². The summed E-state index contributed by atoms with van der Waals surface area (Å²) in [6, 6.07) is 19.4. The summed E-state index contributed by atoms with van der Waals surface area (Å²) < 4.78 is 34.0. The van der Waals surface area contributed by atoms with Crippen LogP contribution in [0.15, 0.2) is 71.8 Å². The lowest BCUT2D eigenvalue weighted by Gasteiger charge is -2.26. The average Bonchev–Trinajstić information content (AvgIpc) is 3.68. The Hall–Kier alpha value is -5.83. The van der Waals surface area contributed by atoms with Crippen LogP contribution in [0.5, 0.6) is 23.0 Å². The van der Waals surface area contributed by atoms with Gasteiger partial charge >= 0.3 is 29.8 Å². The molecule has 4 aromatic rings. The second kappa shape index (κ2) is 22.0.